The number of thiazole rings is 1. The van der Waals surface area contributed by atoms with Gasteiger partial charge in [0.2, 0.25) is 0 Å². The highest BCUT2D eigenvalue weighted by Crippen LogP contribution is 2.27. The second kappa shape index (κ2) is 8.19. The van der Waals surface area contributed by atoms with E-state index < -0.39 is 0 Å². The first-order valence-electron chi connectivity index (χ1n) is 9.14. The number of ether oxygens (including phenoxy) is 1. The lowest BCUT2D eigenvalue weighted by molar-refractivity contribution is 0.0931. The third kappa shape index (κ3) is 4.04. The van der Waals surface area contributed by atoms with Gasteiger partial charge in [-0.05, 0) is 31.9 Å². The molecule has 0 aliphatic rings. The highest BCUT2D eigenvalue weighted by Gasteiger charge is 2.23. The predicted molar refractivity (Wildman–Crippen MR) is 108 cm³/mol. The minimum Gasteiger partial charge on any atom is -0.383 e. The molecule has 144 valence electrons. The van der Waals surface area contributed by atoms with E-state index in [0.717, 1.165) is 26.7 Å². The van der Waals surface area contributed by atoms with Crippen molar-refractivity contribution in [1.82, 2.24) is 19.9 Å². The molecule has 0 radical (unpaired) electrons. The summed E-state index contributed by atoms with van der Waals surface area (Å²) in [4.78, 5) is 23.1. The number of hydrogen-bond donors (Lipinski definition) is 1. The number of benzene rings is 1. The lowest BCUT2D eigenvalue weighted by atomic mass is 10.1. The van der Waals surface area contributed by atoms with Crippen molar-refractivity contribution in [2.75, 3.05) is 13.7 Å². The molecular formula is C20H26N4O2S. The van der Waals surface area contributed by atoms with Crippen LogP contribution in [0.2, 0.25) is 0 Å². The first-order valence-corrected chi connectivity index (χ1v) is 9.96. The third-order valence-corrected chi connectivity index (χ3v) is 5.71. The van der Waals surface area contributed by atoms with Crippen LogP contribution in [0.25, 0.3) is 11.0 Å². The van der Waals surface area contributed by atoms with Crippen LogP contribution in [-0.2, 0) is 11.3 Å². The number of nitrogens with zero attached hydrogens (tertiary/aromatic N) is 3. The zero-order valence-corrected chi connectivity index (χ0v) is 17.3. The van der Waals surface area contributed by atoms with Crippen molar-refractivity contribution in [2.24, 2.45) is 0 Å². The average Bonchev–Trinajstić information content (AvgIpc) is 3.21. The summed E-state index contributed by atoms with van der Waals surface area (Å²) < 4.78 is 7.36. The Morgan fingerprint density at radius 2 is 2.00 bits per heavy atom. The molecule has 2 heterocycles. The number of carbonyl (C=O) groups excluding carboxylic acids is 1. The van der Waals surface area contributed by atoms with E-state index in [9.17, 15) is 4.79 Å². The highest BCUT2D eigenvalue weighted by molar-refractivity contribution is 7.12. The average molecular weight is 387 g/mol. The number of hydrogen-bond acceptors (Lipinski definition) is 5. The van der Waals surface area contributed by atoms with Crippen LogP contribution < -0.4 is 5.32 Å². The number of aryl methyl sites for hydroxylation is 1. The van der Waals surface area contributed by atoms with Crippen molar-refractivity contribution < 1.29 is 9.53 Å². The standard InChI is InChI=1S/C20H26N4O2S/c1-12(2)18-17(22-14(4)27-18)20(25)21-13(3)19-23-15-8-6-7-9-16(15)24(19)10-11-26-5/h6-9,12-13H,10-11H2,1-5H3,(H,21,25). The number of amides is 1. The van der Waals surface area contributed by atoms with Crippen LogP contribution in [0.5, 0.6) is 0 Å². The number of para-hydroxylation sites is 2. The van der Waals surface area contributed by atoms with E-state index >= 15 is 0 Å². The van der Waals surface area contributed by atoms with Gasteiger partial charge in [-0.25, -0.2) is 9.97 Å². The molecule has 6 nitrogen and oxygen atoms in total. The van der Waals surface area contributed by atoms with Gasteiger partial charge in [0.25, 0.3) is 5.91 Å². The lowest BCUT2D eigenvalue weighted by Gasteiger charge is -2.16. The second-order valence-electron chi connectivity index (χ2n) is 6.90. The number of fused-ring (bicyclic) bond motifs is 1. The molecule has 0 aliphatic heterocycles. The molecule has 1 atom stereocenters. The number of imidazole rings is 1. The Morgan fingerprint density at radius 1 is 1.26 bits per heavy atom. The number of aromatic nitrogens is 3. The summed E-state index contributed by atoms with van der Waals surface area (Å²) in [6, 6.07) is 7.74. The van der Waals surface area contributed by atoms with Gasteiger partial charge >= 0.3 is 0 Å². The molecule has 0 aliphatic carbocycles. The van der Waals surface area contributed by atoms with Gasteiger partial charge in [-0.15, -0.1) is 11.3 Å². The third-order valence-electron chi connectivity index (χ3n) is 4.44. The molecule has 0 saturated heterocycles. The van der Waals surface area contributed by atoms with Crippen LogP contribution in [0, 0.1) is 6.92 Å². The molecule has 27 heavy (non-hydrogen) atoms. The molecule has 1 amide bonds. The van der Waals surface area contributed by atoms with E-state index in [1.807, 2.05) is 38.1 Å². The fraction of sp³-hybridized carbons (Fsp3) is 0.450. The van der Waals surface area contributed by atoms with Crippen molar-refractivity contribution in [1.29, 1.82) is 0 Å². The Labute approximate surface area is 163 Å². The molecule has 7 heteroatoms. The Morgan fingerprint density at radius 3 is 2.70 bits per heavy atom. The first-order chi connectivity index (χ1) is 12.9. The molecule has 3 aromatic rings. The number of carbonyl (C=O) groups is 1. The van der Waals surface area contributed by atoms with Gasteiger partial charge in [-0.3, -0.25) is 4.79 Å². The molecule has 3 rings (SSSR count). The monoisotopic (exact) mass is 386 g/mol. The summed E-state index contributed by atoms with van der Waals surface area (Å²) >= 11 is 1.58. The van der Waals surface area contributed by atoms with Crippen molar-refractivity contribution in [3.63, 3.8) is 0 Å². The zero-order valence-electron chi connectivity index (χ0n) is 16.4. The van der Waals surface area contributed by atoms with Crippen LogP contribution >= 0.6 is 11.3 Å². The van der Waals surface area contributed by atoms with Crippen LogP contribution in [0.4, 0.5) is 0 Å². The van der Waals surface area contributed by atoms with Gasteiger partial charge in [0.05, 0.1) is 28.7 Å². The predicted octanol–water partition coefficient (Wildman–Crippen LogP) is 4.06. The number of methoxy groups -OCH3 is 1. The quantitative estimate of drug-likeness (QED) is 0.665. The first kappa shape index (κ1) is 19.5. The fourth-order valence-corrected chi connectivity index (χ4v) is 4.09. The van der Waals surface area contributed by atoms with Gasteiger partial charge in [-0.1, -0.05) is 26.0 Å². The summed E-state index contributed by atoms with van der Waals surface area (Å²) in [6.07, 6.45) is 0. The largest absolute Gasteiger partial charge is 0.383 e. The maximum Gasteiger partial charge on any atom is 0.271 e. The van der Waals surface area contributed by atoms with E-state index in [-0.39, 0.29) is 17.9 Å². The Balaban J connectivity index is 1.90. The molecular weight excluding hydrogens is 360 g/mol. The van der Waals surface area contributed by atoms with Crippen molar-refractivity contribution in [3.05, 3.63) is 45.7 Å². The Kier molecular flexibility index (Phi) is 5.92. The van der Waals surface area contributed by atoms with Gasteiger partial charge < -0.3 is 14.6 Å². The van der Waals surface area contributed by atoms with Gasteiger partial charge in [0.15, 0.2) is 0 Å². The molecule has 1 unspecified atom stereocenters. The summed E-state index contributed by atoms with van der Waals surface area (Å²) in [5, 5.41) is 3.99. The van der Waals surface area contributed by atoms with Crippen LogP contribution in [0.3, 0.4) is 0 Å². The minimum atomic E-state index is -0.247. The maximum absolute atomic E-state index is 12.9. The SMILES string of the molecule is COCCn1c(C(C)NC(=O)c2nc(C)sc2C(C)C)nc2ccccc21. The molecule has 1 aromatic carbocycles. The summed E-state index contributed by atoms with van der Waals surface area (Å²) in [5.41, 5.74) is 2.48. The zero-order chi connectivity index (χ0) is 19.6. The van der Waals surface area contributed by atoms with Gasteiger partial charge in [0, 0.05) is 18.5 Å². The summed E-state index contributed by atoms with van der Waals surface area (Å²) in [7, 11) is 1.68. The van der Waals surface area contributed by atoms with Crippen molar-refractivity contribution in [3.8, 4) is 0 Å². The molecule has 0 spiro atoms. The summed E-state index contributed by atoms with van der Waals surface area (Å²) in [5.74, 6) is 0.930. The number of rotatable bonds is 7. The van der Waals surface area contributed by atoms with E-state index in [4.69, 9.17) is 9.72 Å². The van der Waals surface area contributed by atoms with E-state index in [2.05, 4.69) is 28.7 Å². The molecule has 2 aromatic heterocycles. The topological polar surface area (TPSA) is 69.0 Å². The minimum absolute atomic E-state index is 0.152. The fourth-order valence-electron chi connectivity index (χ4n) is 3.17. The second-order valence-corrected chi connectivity index (χ2v) is 8.13. The van der Waals surface area contributed by atoms with Gasteiger partial charge in [0.1, 0.15) is 11.5 Å². The van der Waals surface area contributed by atoms with Crippen LogP contribution in [0.1, 0.15) is 58.9 Å². The van der Waals surface area contributed by atoms with E-state index in [0.29, 0.717) is 18.8 Å². The van der Waals surface area contributed by atoms with E-state index in [1.165, 1.54) is 0 Å². The van der Waals surface area contributed by atoms with Crippen LogP contribution in [0.15, 0.2) is 24.3 Å². The van der Waals surface area contributed by atoms with Crippen molar-refractivity contribution in [2.45, 2.75) is 46.2 Å². The maximum atomic E-state index is 12.9. The molecule has 1 N–H and O–H groups in total. The number of nitrogens with one attached hydrogen (secondary N) is 1. The Bertz CT molecular complexity index is 945. The van der Waals surface area contributed by atoms with Crippen LogP contribution in [-0.4, -0.2) is 34.2 Å². The van der Waals surface area contributed by atoms with Gasteiger partial charge in [-0.2, -0.15) is 0 Å². The molecule has 0 bridgehead atoms. The lowest BCUT2D eigenvalue weighted by Crippen LogP contribution is -2.30. The highest BCUT2D eigenvalue weighted by atomic mass is 32.1. The smallest absolute Gasteiger partial charge is 0.271 e. The van der Waals surface area contributed by atoms with Crippen molar-refractivity contribution >= 4 is 28.3 Å². The normalized spacial score (nSPS) is 12.7. The summed E-state index contributed by atoms with van der Waals surface area (Å²) in [6.45, 7) is 9.31. The molecule has 0 fully saturated rings. The molecule has 0 saturated carbocycles. The Hall–Kier alpha value is -2.25. The van der Waals surface area contributed by atoms with E-state index in [1.54, 1.807) is 18.4 Å².